The van der Waals surface area contributed by atoms with Gasteiger partial charge in [0, 0.05) is 11.8 Å². The van der Waals surface area contributed by atoms with Gasteiger partial charge in [-0.1, -0.05) is 54.6 Å². The number of anilines is 1. The second-order valence-corrected chi connectivity index (χ2v) is 4.62. The fourth-order valence-electron chi connectivity index (χ4n) is 1.31. The van der Waals surface area contributed by atoms with E-state index in [-0.39, 0.29) is 0 Å². The van der Waals surface area contributed by atoms with Gasteiger partial charge in [0.25, 0.3) is 0 Å². The molecule has 0 saturated carbocycles. The van der Waals surface area contributed by atoms with Crippen molar-refractivity contribution in [3.05, 3.63) is 98.1 Å². The summed E-state index contributed by atoms with van der Waals surface area (Å²) in [6.45, 7) is 10.6. The topological polar surface area (TPSA) is 66.4 Å². The molecule has 2 rings (SSSR count). The largest absolute Gasteiger partial charge is 0.478 e. The number of hydrogen-bond acceptors (Lipinski definition) is 2. The molecule has 0 aliphatic heterocycles. The minimum atomic E-state index is -0.986. The highest BCUT2D eigenvalue weighted by Gasteiger charge is 1.91. The van der Waals surface area contributed by atoms with Crippen molar-refractivity contribution in [1.82, 2.24) is 0 Å². The Morgan fingerprint density at radius 3 is 1.78 bits per heavy atom. The predicted octanol–water partition coefficient (Wildman–Crippen LogP) is 5.37. The van der Waals surface area contributed by atoms with Crippen LogP contribution in [0.3, 0.4) is 0 Å². The van der Waals surface area contributed by atoms with Crippen LogP contribution in [0.5, 0.6) is 0 Å². The van der Waals surface area contributed by atoms with Crippen molar-refractivity contribution in [2.24, 2.45) is 0 Å². The Morgan fingerprint density at radius 2 is 1.48 bits per heavy atom. The summed E-state index contributed by atoms with van der Waals surface area (Å²) in [7, 11) is 0. The van der Waals surface area contributed by atoms with Crippen LogP contribution in [0, 0.1) is 0 Å². The second kappa shape index (κ2) is 18.9. The molecule has 0 bridgehead atoms. The maximum atomic E-state index is 11.3. The number of amides is 1. The summed E-state index contributed by atoms with van der Waals surface area (Å²) in [6, 6.07) is 18.8. The SMILES string of the molecule is C=C.C=CC(C)F.O=CNc1ccc(/C=C/C(=O)O)cc1.c1ccccc1. The number of allylic oxidation sites excluding steroid dienone is 1. The number of benzene rings is 2. The third-order valence-corrected chi connectivity index (χ3v) is 2.55. The van der Waals surface area contributed by atoms with E-state index in [2.05, 4.69) is 25.1 Å². The third-order valence-electron chi connectivity index (χ3n) is 2.55. The molecule has 0 saturated heterocycles. The molecule has 4 nitrogen and oxygen atoms in total. The molecule has 0 fully saturated rings. The average molecular weight is 371 g/mol. The molecular formula is C22H26FNO3. The van der Waals surface area contributed by atoms with Crippen molar-refractivity contribution in [3.8, 4) is 0 Å². The molecular weight excluding hydrogens is 345 g/mol. The summed E-state index contributed by atoms with van der Waals surface area (Å²) in [6.07, 6.45) is 3.52. The lowest BCUT2D eigenvalue weighted by Crippen LogP contribution is -1.92. The summed E-state index contributed by atoms with van der Waals surface area (Å²) in [5.41, 5.74) is 1.44. The third kappa shape index (κ3) is 18.7. The van der Waals surface area contributed by atoms with Gasteiger partial charge in [0.2, 0.25) is 6.41 Å². The minimum absolute atomic E-state index is 0.585. The van der Waals surface area contributed by atoms with Gasteiger partial charge in [-0.3, -0.25) is 4.79 Å². The van der Waals surface area contributed by atoms with Crippen molar-refractivity contribution < 1.29 is 19.1 Å². The zero-order valence-electron chi connectivity index (χ0n) is 15.4. The van der Waals surface area contributed by atoms with E-state index in [4.69, 9.17) is 5.11 Å². The molecule has 1 amide bonds. The lowest BCUT2D eigenvalue weighted by Gasteiger charge is -1.97. The standard InChI is InChI=1S/C10H9NO3.C6H6.C4H7F.C2H4/c12-7-11-9-4-1-8(2-5-9)3-6-10(13)14;1-2-4-6-5-3-1;1-3-4(2)5;1-2/h1-7H,(H,11,12)(H,13,14);1-6H;3-4H,1H2,2H3;1-2H2/b6-3+;;;. The highest BCUT2D eigenvalue weighted by molar-refractivity contribution is 5.85. The van der Waals surface area contributed by atoms with Crippen LogP contribution >= 0.6 is 0 Å². The van der Waals surface area contributed by atoms with E-state index in [1.807, 2.05) is 36.4 Å². The lowest BCUT2D eigenvalue weighted by atomic mass is 10.2. The van der Waals surface area contributed by atoms with Gasteiger partial charge in [0.1, 0.15) is 6.17 Å². The van der Waals surface area contributed by atoms with Gasteiger partial charge < -0.3 is 10.4 Å². The number of hydrogen-bond donors (Lipinski definition) is 2. The van der Waals surface area contributed by atoms with E-state index >= 15 is 0 Å². The molecule has 1 atom stereocenters. The van der Waals surface area contributed by atoms with Crippen LogP contribution in [0.15, 0.2) is 92.6 Å². The van der Waals surface area contributed by atoms with Gasteiger partial charge in [-0.2, -0.15) is 0 Å². The lowest BCUT2D eigenvalue weighted by molar-refractivity contribution is -0.131. The average Bonchev–Trinajstić information content (AvgIpc) is 2.71. The quantitative estimate of drug-likeness (QED) is 0.422. The molecule has 5 heteroatoms. The molecule has 0 heterocycles. The summed E-state index contributed by atoms with van der Waals surface area (Å²) in [4.78, 5) is 20.3. The molecule has 27 heavy (non-hydrogen) atoms. The van der Waals surface area contributed by atoms with E-state index < -0.39 is 12.1 Å². The van der Waals surface area contributed by atoms with Crippen LogP contribution in [0.2, 0.25) is 0 Å². The summed E-state index contributed by atoms with van der Waals surface area (Å²) >= 11 is 0. The zero-order chi connectivity index (χ0) is 20.9. The van der Waals surface area contributed by atoms with Gasteiger partial charge >= 0.3 is 5.97 Å². The van der Waals surface area contributed by atoms with Crippen LogP contribution in [0.4, 0.5) is 10.1 Å². The smallest absolute Gasteiger partial charge is 0.328 e. The summed E-state index contributed by atoms with van der Waals surface area (Å²) in [5, 5.41) is 10.8. The molecule has 0 aliphatic rings. The minimum Gasteiger partial charge on any atom is -0.478 e. The Balaban J connectivity index is 0. The van der Waals surface area contributed by atoms with Crippen LogP contribution in [-0.2, 0) is 9.59 Å². The molecule has 144 valence electrons. The van der Waals surface area contributed by atoms with E-state index in [1.54, 1.807) is 24.3 Å². The number of carboxylic acid groups (broad SMARTS) is 1. The molecule has 0 aromatic heterocycles. The van der Waals surface area contributed by atoms with Gasteiger partial charge in [-0.05, 0) is 30.7 Å². The number of halogens is 1. The maximum absolute atomic E-state index is 11.3. The first-order chi connectivity index (χ1) is 13.0. The number of carbonyl (C=O) groups is 2. The fourth-order valence-corrected chi connectivity index (χ4v) is 1.31. The second-order valence-electron chi connectivity index (χ2n) is 4.62. The van der Waals surface area contributed by atoms with Crippen molar-refractivity contribution in [3.63, 3.8) is 0 Å². The molecule has 0 spiro atoms. The Labute approximate surface area is 160 Å². The molecule has 0 radical (unpaired) electrons. The van der Waals surface area contributed by atoms with Crippen molar-refractivity contribution in [1.29, 1.82) is 0 Å². The van der Waals surface area contributed by atoms with Gasteiger partial charge in [0.05, 0.1) is 0 Å². The van der Waals surface area contributed by atoms with Gasteiger partial charge in [-0.25, -0.2) is 9.18 Å². The number of nitrogens with one attached hydrogen (secondary N) is 1. The van der Waals surface area contributed by atoms with Crippen LogP contribution < -0.4 is 5.32 Å². The van der Waals surface area contributed by atoms with Crippen molar-refractivity contribution in [2.45, 2.75) is 13.1 Å². The normalized spacial score (nSPS) is 9.70. The first kappa shape index (κ1) is 25.8. The molecule has 2 aromatic carbocycles. The van der Waals surface area contributed by atoms with E-state index in [0.717, 1.165) is 11.6 Å². The highest BCUT2D eigenvalue weighted by Crippen LogP contribution is 2.09. The van der Waals surface area contributed by atoms with Crippen LogP contribution in [-0.4, -0.2) is 23.7 Å². The van der Waals surface area contributed by atoms with Gasteiger partial charge in [-0.15, -0.1) is 19.7 Å². The predicted molar refractivity (Wildman–Crippen MR) is 111 cm³/mol. The first-order valence-electron chi connectivity index (χ1n) is 7.97. The number of alkyl halides is 1. The molecule has 0 aliphatic carbocycles. The number of aliphatic carboxylic acids is 1. The van der Waals surface area contributed by atoms with Crippen molar-refractivity contribution in [2.75, 3.05) is 5.32 Å². The fraction of sp³-hybridized carbons (Fsp3) is 0.0909. The summed E-state index contributed by atoms with van der Waals surface area (Å²) < 4.78 is 11.3. The number of carbonyl (C=O) groups excluding carboxylic acids is 1. The Morgan fingerprint density at radius 1 is 1.07 bits per heavy atom. The maximum Gasteiger partial charge on any atom is 0.328 e. The number of rotatable bonds is 5. The van der Waals surface area contributed by atoms with E-state index in [0.29, 0.717) is 12.1 Å². The highest BCUT2D eigenvalue weighted by atomic mass is 19.1. The number of carboxylic acids is 1. The van der Waals surface area contributed by atoms with E-state index in [9.17, 15) is 14.0 Å². The zero-order valence-corrected chi connectivity index (χ0v) is 15.4. The molecule has 2 N–H and O–H groups in total. The van der Waals surface area contributed by atoms with Gasteiger partial charge in [0.15, 0.2) is 0 Å². The molecule has 2 aromatic rings. The Kier molecular flexibility index (Phi) is 18.0. The Hall–Kier alpha value is -3.47. The van der Waals surface area contributed by atoms with Crippen LogP contribution in [0.25, 0.3) is 6.08 Å². The first-order valence-corrected chi connectivity index (χ1v) is 7.97. The summed E-state index contributed by atoms with van der Waals surface area (Å²) in [5.74, 6) is -0.986. The van der Waals surface area contributed by atoms with Crippen molar-refractivity contribution >= 4 is 24.1 Å². The molecule has 1 unspecified atom stereocenters. The van der Waals surface area contributed by atoms with Crippen LogP contribution in [0.1, 0.15) is 12.5 Å². The Bertz CT molecular complexity index is 626. The monoisotopic (exact) mass is 371 g/mol. The van der Waals surface area contributed by atoms with E-state index in [1.165, 1.54) is 19.1 Å².